The maximum Gasteiger partial charge on any atom is 0.355 e. The monoisotopic (exact) mass is 387 g/mol. The summed E-state index contributed by atoms with van der Waals surface area (Å²) in [6.07, 6.45) is 0.860. The Kier molecular flexibility index (Phi) is 7.86. The first-order valence-electron chi connectivity index (χ1n) is 8.64. The molecule has 0 saturated heterocycles. The van der Waals surface area contributed by atoms with Crippen LogP contribution >= 0.6 is 0 Å². The second kappa shape index (κ2) is 9.43. The van der Waals surface area contributed by atoms with Gasteiger partial charge in [0.2, 0.25) is 0 Å². The van der Waals surface area contributed by atoms with Gasteiger partial charge < -0.3 is 14.2 Å². The number of esters is 3. The van der Waals surface area contributed by atoms with E-state index in [0.29, 0.717) is 5.69 Å². The molecule has 0 atom stereocenters. The van der Waals surface area contributed by atoms with E-state index < -0.39 is 35.4 Å². The van der Waals surface area contributed by atoms with Crippen LogP contribution in [0.2, 0.25) is 0 Å². The average molecular weight is 387 g/mol. The van der Waals surface area contributed by atoms with Gasteiger partial charge in [-0.05, 0) is 41.0 Å². The van der Waals surface area contributed by atoms with Crippen LogP contribution in [0, 0.1) is 5.41 Å². The number of rotatable bonds is 9. The fourth-order valence-electron chi connectivity index (χ4n) is 1.94. The normalized spacial score (nSPS) is 11.8. The molecule has 10 heteroatoms. The lowest BCUT2D eigenvalue weighted by molar-refractivity contribution is -0.175. The van der Waals surface area contributed by atoms with Crippen molar-refractivity contribution in [1.29, 1.82) is 0 Å². The van der Waals surface area contributed by atoms with E-state index in [0.717, 1.165) is 0 Å². The molecule has 0 N–H and O–H groups in total. The zero-order chi connectivity index (χ0) is 20.7. The molecule has 0 unspecified atom stereocenters. The number of carbonyl (C=O) groups excluding carboxylic acids is 3. The summed E-state index contributed by atoms with van der Waals surface area (Å²) >= 11 is 0. The largest absolute Gasteiger partial charge is 0.463 e. The van der Waals surface area contributed by atoms with Gasteiger partial charge in [-0.15, -0.1) is 5.10 Å². The number of alkyl halides is 1. The van der Waals surface area contributed by atoms with Crippen LogP contribution in [0.15, 0.2) is 6.20 Å². The molecule has 1 heterocycles. The first kappa shape index (κ1) is 22.5. The van der Waals surface area contributed by atoms with E-state index in [4.69, 9.17) is 4.74 Å². The van der Waals surface area contributed by atoms with E-state index in [2.05, 4.69) is 19.8 Å². The molecule has 0 aliphatic heterocycles. The van der Waals surface area contributed by atoms with Crippen LogP contribution in [-0.2, 0) is 41.7 Å². The Morgan fingerprint density at radius 1 is 1.04 bits per heavy atom. The lowest BCUT2D eigenvalue weighted by Crippen LogP contribution is -2.45. The minimum atomic E-state index is -2.92. The van der Waals surface area contributed by atoms with Gasteiger partial charge in [0.1, 0.15) is 0 Å². The molecule has 0 fully saturated rings. The first-order chi connectivity index (χ1) is 12.5. The third-order valence-corrected chi connectivity index (χ3v) is 3.45. The van der Waals surface area contributed by atoms with Gasteiger partial charge in [0.15, 0.2) is 6.73 Å². The fraction of sp³-hybridized carbons (Fsp3) is 0.706. The Balaban J connectivity index is 2.74. The maximum atomic E-state index is 15.0. The number of aromatic nitrogens is 3. The van der Waals surface area contributed by atoms with Crippen LogP contribution in [0.25, 0.3) is 0 Å². The van der Waals surface area contributed by atoms with Crippen molar-refractivity contribution < 1.29 is 33.0 Å². The van der Waals surface area contributed by atoms with E-state index in [1.807, 2.05) is 0 Å². The highest BCUT2D eigenvalue weighted by Gasteiger charge is 2.49. The Morgan fingerprint density at radius 3 is 2.07 bits per heavy atom. The molecule has 0 aromatic carbocycles. The summed E-state index contributed by atoms with van der Waals surface area (Å²) in [6, 6.07) is 0. The molecular weight excluding hydrogens is 361 g/mol. The summed E-state index contributed by atoms with van der Waals surface area (Å²) in [5.74, 6) is -3.00. The van der Waals surface area contributed by atoms with Crippen LogP contribution in [0.3, 0.4) is 0 Å². The third kappa shape index (κ3) is 6.30. The molecule has 0 aliphatic rings. The van der Waals surface area contributed by atoms with Crippen molar-refractivity contribution in [3.63, 3.8) is 0 Å². The number of aryl methyl sites for hydroxylation is 1. The SMILES string of the molecule is CCOC(=O)C(F)(CCc1cn(COC(=O)C(C)(C)C)nn1)C(=O)OCC. The van der Waals surface area contributed by atoms with E-state index in [1.165, 1.54) is 24.7 Å². The smallest absolute Gasteiger partial charge is 0.355 e. The van der Waals surface area contributed by atoms with E-state index in [-0.39, 0.29) is 26.4 Å². The molecule has 1 aromatic rings. The molecule has 1 rings (SSSR count). The zero-order valence-corrected chi connectivity index (χ0v) is 16.3. The zero-order valence-electron chi connectivity index (χ0n) is 16.3. The highest BCUT2D eigenvalue weighted by Crippen LogP contribution is 2.23. The van der Waals surface area contributed by atoms with Gasteiger partial charge in [-0.2, -0.15) is 0 Å². The van der Waals surface area contributed by atoms with Crippen molar-refractivity contribution in [3.05, 3.63) is 11.9 Å². The second-order valence-electron chi connectivity index (χ2n) is 6.80. The molecule has 27 heavy (non-hydrogen) atoms. The summed E-state index contributed by atoms with van der Waals surface area (Å²) in [7, 11) is 0. The van der Waals surface area contributed by atoms with Crippen molar-refractivity contribution in [2.75, 3.05) is 13.2 Å². The maximum absolute atomic E-state index is 15.0. The van der Waals surface area contributed by atoms with Crippen LogP contribution in [0.5, 0.6) is 0 Å². The van der Waals surface area contributed by atoms with Crippen molar-refractivity contribution >= 4 is 17.9 Å². The predicted octanol–water partition coefficient (Wildman–Crippen LogP) is 1.59. The average Bonchev–Trinajstić information content (AvgIpc) is 3.05. The summed E-state index contributed by atoms with van der Waals surface area (Å²) < 4.78 is 30.6. The van der Waals surface area contributed by atoms with E-state index in [9.17, 15) is 18.8 Å². The van der Waals surface area contributed by atoms with Gasteiger partial charge in [0.05, 0.1) is 30.5 Å². The Morgan fingerprint density at radius 2 is 1.59 bits per heavy atom. The number of ether oxygens (including phenoxy) is 3. The van der Waals surface area contributed by atoms with Crippen molar-refractivity contribution in [2.45, 2.75) is 59.9 Å². The standard InChI is InChI=1S/C17H26FN3O6/c1-6-25-14(23)17(18,15(24)26-7-2)9-8-12-10-21(20-19-12)11-27-13(22)16(3,4)5/h10H,6-9,11H2,1-5H3. The number of nitrogens with zero attached hydrogens (tertiary/aromatic N) is 3. The Hall–Kier alpha value is -2.52. The van der Waals surface area contributed by atoms with Crippen molar-refractivity contribution in [3.8, 4) is 0 Å². The summed E-state index contributed by atoms with van der Waals surface area (Å²) in [6.45, 7) is 7.87. The molecular formula is C17H26FN3O6. The van der Waals surface area contributed by atoms with Gasteiger partial charge >= 0.3 is 23.6 Å². The molecule has 0 spiro atoms. The molecule has 152 valence electrons. The Labute approximate surface area is 157 Å². The van der Waals surface area contributed by atoms with Gasteiger partial charge in [0, 0.05) is 6.42 Å². The first-order valence-corrected chi connectivity index (χ1v) is 8.64. The minimum Gasteiger partial charge on any atom is -0.463 e. The third-order valence-electron chi connectivity index (χ3n) is 3.45. The molecule has 0 amide bonds. The molecule has 1 aromatic heterocycles. The van der Waals surface area contributed by atoms with Crippen molar-refractivity contribution in [1.82, 2.24) is 15.0 Å². The Bertz CT molecular complexity index is 650. The predicted molar refractivity (Wildman–Crippen MR) is 91.0 cm³/mol. The number of hydrogen-bond acceptors (Lipinski definition) is 8. The number of carbonyl (C=O) groups is 3. The second-order valence-corrected chi connectivity index (χ2v) is 6.80. The van der Waals surface area contributed by atoms with Gasteiger partial charge in [-0.1, -0.05) is 5.21 Å². The van der Waals surface area contributed by atoms with Crippen LogP contribution in [0.4, 0.5) is 4.39 Å². The topological polar surface area (TPSA) is 110 Å². The fourth-order valence-corrected chi connectivity index (χ4v) is 1.94. The lowest BCUT2D eigenvalue weighted by atomic mass is 9.98. The van der Waals surface area contributed by atoms with Crippen LogP contribution in [0.1, 0.15) is 46.7 Å². The number of halogens is 1. The van der Waals surface area contributed by atoms with Crippen molar-refractivity contribution in [2.24, 2.45) is 5.41 Å². The number of hydrogen-bond donors (Lipinski definition) is 0. The highest BCUT2D eigenvalue weighted by molar-refractivity contribution is 6.03. The molecule has 0 radical (unpaired) electrons. The molecule has 0 saturated carbocycles. The van der Waals surface area contributed by atoms with Gasteiger partial charge in [-0.3, -0.25) is 4.79 Å². The van der Waals surface area contributed by atoms with E-state index >= 15 is 0 Å². The van der Waals surface area contributed by atoms with Crippen LogP contribution < -0.4 is 0 Å². The van der Waals surface area contributed by atoms with Gasteiger partial charge in [0.25, 0.3) is 0 Å². The summed E-state index contributed by atoms with van der Waals surface area (Å²) in [5.41, 5.74) is -3.26. The minimum absolute atomic E-state index is 0.0681. The highest BCUT2D eigenvalue weighted by atomic mass is 19.1. The summed E-state index contributed by atoms with van der Waals surface area (Å²) in [4.78, 5) is 35.5. The van der Waals surface area contributed by atoms with E-state index in [1.54, 1.807) is 20.8 Å². The summed E-state index contributed by atoms with van der Waals surface area (Å²) in [5, 5.41) is 7.59. The lowest BCUT2D eigenvalue weighted by Gasteiger charge is -2.20. The molecule has 9 nitrogen and oxygen atoms in total. The van der Waals surface area contributed by atoms with Crippen LogP contribution in [-0.4, -0.2) is 51.8 Å². The van der Waals surface area contributed by atoms with Gasteiger partial charge in [-0.25, -0.2) is 18.7 Å². The molecule has 0 bridgehead atoms. The molecule has 0 aliphatic carbocycles. The quantitative estimate of drug-likeness (QED) is 0.357.